The third kappa shape index (κ3) is 4.12. The highest BCUT2D eigenvalue weighted by molar-refractivity contribution is 5.98. The van der Waals surface area contributed by atoms with Gasteiger partial charge in [0.25, 0.3) is 0 Å². The van der Waals surface area contributed by atoms with Crippen LogP contribution in [0, 0.1) is 0 Å². The van der Waals surface area contributed by atoms with Gasteiger partial charge >= 0.3 is 6.09 Å². The monoisotopic (exact) mass is 452 g/mol. The molecule has 5 rings (SSSR count). The summed E-state index contributed by atoms with van der Waals surface area (Å²) in [4.78, 5) is 23.1. The van der Waals surface area contributed by atoms with Crippen LogP contribution in [0.15, 0.2) is 24.5 Å². The number of nitrogen functional groups attached to an aromatic ring is 1. The van der Waals surface area contributed by atoms with E-state index in [1.165, 1.54) is 6.33 Å². The van der Waals surface area contributed by atoms with Crippen molar-refractivity contribution in [3.8, 4) is 22.8 Å². The summed E-state index contributed by atoms with van der Waals surface area (Å²) in [6, 6.07) is 5.65. The highest BCUT2D eigenvalue weighted by atomic mass is 16.6. The van der Waals surface area contributed by atoms with E-state index >= 15 is 0 Å². The number of nitrogens with zero attached hydrogens (tertiary/aromatic N) is 5. The minimum Gasteiger partial charge on any atom is -0.486 e. The molecule has 1 saturated heterocycles. The quantitative estimate of drug-likeness (QED) is 0.628. The number of piperidine rings is 1. The van der Waals surface area contributed by atoms with Crippen molar-refractivity contribution in [2.24, 2.45) is 0 Å². The van der Waals surface area contributed by atoms with Gasteiger partial charge in [-0.25, -0.2) is 19.4 Å². The van der Waals surface area contributed by atoms with E-state index in [4.69, 9.17) is 25.0 Å². The molecule has 2 aromatic heterocycles. The van der Waals surface area contributed by atoms with Crippen molar-refractivity contribution in [3.05, 3.63) is 24.5 Å². The van der Waals surface area contributed by atoms with Crippen LogP contribution in [0.25, 0.3) is 22.3 Å². The largest absolute Gasteiger partial charge is 0.486 e. The summed E-state index contributed by atoms with van der Waals surface area (Å²) in [7, 11) is 0. The predicted molar refractivity (Wildman–Crippen MR) is 122 cm³/mol. The minimum atomic E-state index is -0.546. The van der Waals surface area contributed by atoms with Gasteiger partial charge in [0, 0.05) is 18.7 Å². The molecule has 10 nitrogen and oxygen atoms in total. The molecule has 174 valence electrons. The van der Waals surface area contributed by atoms with E-state index in [0.717, 1.165) is 18.4 Å². The van der Waals surface area contributed by atoms with Crippen molar-refractivity contribution in [2.45, 2.75) is 45.3 Å². The highest BCUT2D eigenvalue weighted by Crippen LogP contribution is 2.38. The molecule has 0 spiro atoms. The Morgan fingerprint density at radius 2 is 1.97 bits per heavy atom. The average Bonchev–Trinajstić information content (AvgIpc) is 3.19. The fourth-order valence-corrected chi connectivity index (χ4v) is 4.29. The maximum absolute atomic E-state index is 12.7. The van der Waals surface area contributed by atoms with Crippen LogP contribution in [0.4, 0.5) is 10.6 Å². The Morgan fingerprint density at radius 1 is 1.18 bits per heavy atom. The van der Waals surface area contributed by atoms with Gasteiger partial charge in [-0.3, -0.25) is 0 Å². The van der Waals surface area contributed by atoms with Crippen molar-refractivity contribution in [3.63, 3.8) is 0 Å². The molecule has 0 aliphatic carbocycles. The third-order valence-electron chi connectivity index (χ3n) is 5.73. The number of rotatable bonds is 2. The summed E-state index contributed by atoms with van der Waals surface area (Å²) in [5.74, 6) is 1.74. The molecule has 4 heterocycles. The van der Waals surface area contributed by atoms with Crippen molar-refractivity contribution in [1.82, 2.24) is 24.6 Å². The van der Waals surface area contributed by atoms with Gasteiger partial charge in [-0.05, 0) is 51.8 Å². The van der Waals surface area contributed by atoms with Crippen molar-refractivity contribution >= 4 is 22.9 Å². The first-order chi connectivity index (χ1) is 15.8. The number of likely N-dealkylation sites (tertiary alicyclic amines) is 1. The number of carbonyl (C=O) groups excluding carboxylic acids is 1. The molecule has 2 N–H and O–H groups in total. The standard InChI is InChI=1S/C23H28N6O4/c1-23(2,3)33-22(30)28-8-4-5-15(12-28)29-21-18(20(24)25-13-26-21)19(27-29)14-6-7-16-17(11-14)32-10-9-31-16/h6-7,11,13,15H,4-5,8-10,12H2,1-3H3,(H2,24,25,26)/t15-/m1/s1. The second-order valence-corrected chi connectivity index (χ2v) is 9.33. The Morgan fingerprint density at radius 3 is 2.76 bits per heavy atom. The number of benzene rings is 1. The smallest absolute Gasteiger partial charge is 0.410 e. The van der Waals surface area contributed by atoms with Crippen LogP contribution in [0.2, 0.25) is 0 Å². The molecule has 1 amide bonds. The lowest BCUT2D eigenvalue weighted by Gasteiger charge is -2.34. The summed E-state index contributed by atoms with van der Waals surface area (Å²) in [6.45, 7) is 7.76. The first kappa shape index (κ1) is 21.3. The average molecular weight is 453 g/mol. The zero-order valence-corrected chi connectivity index (χ0v) is 19.1. The molecule has 2 aliphatic rings. The number of amides is 1. The van der Waals surface area contributed by atoms with Gasteiger partial charge < -0.3 is 24.8 Å². The fourth-order valence-electron chi connectivity index (χ4n) is 4.29. The number of ether oxygens (including phenoxy) is 3. The normalized spacial score (nSPS) is 18.4. The summed E-state index contributed by atoms with van der Waals surface area (Å²) < 4.78 is 18.8. The molecule has 0 unspecified atom stereocenters. The van der Waals surface area contributed by atoms with E-state index in [-0.39, 0.29) is 12.1 Å². The maximum atomic E-state index is 12.7. The number of carbonyl (C=O) groups is 1. The summed E-state index contributed by atoms with van der Waals surface area (Å²) in [6.07, 6.45) is 2.83. The molecule has 10 heteroatoms. The SMILES string of the molecule is CC(C)(C)OC(=O)N1CCC[C@@H](n2nc(-c3ccc4c(c3)OCCO4)c3c(N)ncnc32)C1. The summed E-state index contributed by atoms with van der Waals surface area (Å²) in [5, 5.41) is 5.60. The summed E-state index contributed by atoms with van der Waals surface area (Å²) >= 11 is 0. The number of anilines is 1. The van der Waals surface area contributed by atoms with E-state index in [1.54, 1.807) is 4.90 Å². The predicted octanol–water partition coefficient (Wildman–Crippen LogP) is 3.42. The molecule has 1 atom stereocenters. The van der Waals surface area contributed by atoms with Crippen LogP contribution in [0.5, 0.6) is 11.5 Å². The molecular weight excluding hydrogens is 424 g/mol. The first-order valence-corrected chi connectivity index (χ1v) is 11.2. The third-order valence-corrected chi connectivity index (χ3v) is 5.73. The Kier molecular flexibility index (Phi) is 5.22. The molecule has 1 fully saturated rings. The Bertz CT molecular complexity index is 1200. The van der Waals surface area contributed by atoms with E-state index in [9.17, 15) is 4.79 Å². The second-order valence-electron chi connectivity index (χ2n) is 9.33. The van der Waals surface area contributed by atoms with E-state index in [1.807, 2.05) is 43.7 Å². The van der Waals surface area contributed by atoms with Crippen LogP contribution in [-0.4, -0.2) is 62.6 Å². The Labute approximate surface area is 191 Å². The highest BCUT2D eigenvalue weighted by Gasteiger charge is 2.31. The molecule has 1 aromatic carbocycles. The van der Waals surface area contributed by atoms with E-state index in [2.05, 4.69) is 9.97 Å². The molecule has 0 radical (unpaired) electrons. The zero-order valence-electron chi connectivity index (χ0n) is 19.1. The van der Waals surface area contributed by atoms with Gasteiger partial charge in [-0.1, -0.05) is 0 Å². The van der Waals surface area contributed by atoms with Crippen molar-refractivity contribution < 1.29 is 19.0 Å². The van der Waals surface area contributed by atoms with E-state index < -0.39 is 5.60 Å². The first-order valence-electron chi connectivity index (χ1n) is 11.2. The lowest BCUT2D eigenvalue weighted by atomic mass is 10.1. The minimum absolute atomic E-state index is 0.0611. The molecule has 0 bridgehead atoms. The topological polar surface area (TPSA) is 118 Å². The van der Waals surface area contributed by atoms with Gasteiger partial charge in [-0.2, -0.15) is 5.10 Å². The Hall–Kier alpha value is -3.56. The number of aromatic nitrogens is 4. The number of hydrogen-bond donors (Lipinski definition) is 1. The molecule has 2 aliphatic heterocycles. The van der Waals surface area contributed by atoms with Gasteiger partial charge in [0.1, 0.15) is 36.7 Å². The van der Waals surface area contributed by atoms with E-state index in [0.29, 0.717) is 60.3 Å². The van der Waals surface area contributed by atoms with Crippen LogP contribution in [-0.2, 0) is 4.74 Å². The van der Waals surface area contributed by atoms with Crippen molar-refractivity contribution in [1.29, 1.82) is 0 Å². The van der Waals surface area contributed by atoms with Gasteiger partial charge in [0.15, 0.2) is 17.1 Å². The fraction of sp³-hybridized carbons (Fsp3) is 0.478. The van der Waals surface area contributed by atoms with Crippen molar-refractivity contribution in [2.75, 3.05) is 32.0 Å². The number of nitrogens with two attached hydrogens (primary N) is 1. The van der Waals surface area contributed by atoms with Crippen LogP contribution in [0.3, 0.4) is 0 Å². The lowest BCUT2D eigenvalue weighted by Crippen LogP contribution is -2.43. The Balaban J connectivity index is 1.52. The second kappa shape index (κ2) is 8.09. The molecular formula is C23H28N6O4. The number of fused-ring (bicyclic) bond motifs is 2. The molecule has 0 saturated carbocycles. The zero-order chi connectivity index (χ0) is 23.2. The summed E-state index contributed by atoms with van der Waals surface area (Å²) in [5.41, 5.74) is 7.88. The van der Waals surface area contributed by atoms with Crippen LogP contribution in [0.1, 0.15) is 39.7 Å². The van der Waals surface area contributed by atoms with Gasteiger partial charge in [0.05, 0.1) is 11.4 Å². The van der Waals surface area contributed by atoms with Crippen LogP contribution >= 0.6 is 0 Å². The maximum Gasteiger partial charge on any atom is 0.410 e. The molecule has 3 aromatic rings. The van der Waals surface area contributed by atoms with Crippen LogP contribution < -0.4 is 15.2 Å². The molecule has 33 heavy (non-hydrogen) atoms. The van der Waals surface area contributed by atoms with Gasteiger partial charge in [0.2, 0.25) is 0 Å². The number of hydrogen-bond acceptors (Lipinski definition) is 8. The van der Waals surface area contributed by atoms with Gasteiger partial charge in [-0.15, -0.1) is 0 Å². The lowest BCUT2D eigenvalue weighted by molar-refractivity contribution is 0.0169.